The van der Waals surface area contributed by atoms with Crippen LogP contribution in [0.15, 0.2) is 0 Å². The van der Waals surface area contributed by atoms with Gasteiger partial charge in [0.1, 0.15) is 0 Å². The Hall–Kier alpha value is 0.314. The first-order valence-corrected chi connectivity index (χ1v) is 12.5. The van der Waals surface area contributed by atoms with Crippen LogP contribution in [0.4, 0.5) is 0 Å². The molecular weight excluding hydrogens is 234 g/mol. The van der Waals surface area contributed by atoms with Crippen molar-refractivity contribution in [3.05, 3.63) is 0 Å². The van der Waals surface area contributed by atoms with Crippen molar-refractivity contribution in [2.24, 2.45) is 5.73 Å². The summed E-state index contributed by atoms with van der Waals surface area (Å²) >= 11 is 0. The second-order valence-corrected chi connectivity index (χ2v) is 14.6. The highest BCUT2D eigenvalue weighted by atomic mass is 28.4. The van der Waals surface area contributed by atoms with Gasteiger partial charge in [-0.25, -0.2) is 0 Å². The normalized spacial score (nSPS) is 16.1. The first-order valence-electron chi connectivity index (χ1n) is 6.31. The van der Waals surface area contributed by atoms with Crippen molar-refractivity contribution in [1.29, 1.82) is 0 Å². The lowest BCUT2D eigenvalue weighted by Gasteiger charge is -2.28. The van der Waals surface area contributed by atoms with E-state index in [9.17, 15) is 0 Å². The van der Waals surface area contributed by atoms with Crippen LogP contribution in [0.2, 0.25) is 38.3 Å². The maximum Gasteiger partial charge on any atom is 0.334 e. The molecule has 0 radical (unpaired) electrons. The Morgan fingerprint density at radius 2 is 1.62 bits per heavy atom. The van der Waals surface area contributed by atoms with E-state index in [1.54, 1.807) is 0 Å². The average Bonchev–Trinajstić information content (AvgIpc) is 2.13. The van der Waals surface area contributed by atoms with Crippen molar-refractivity contribution in [3.8, 4) is 0 Å². The first kappa shape index (κ1) is 16.3. The predicted molar refractivity (Wildman–Crippen MR) is 75.8 cm³/mol. The van der Waals surface area contributed by atoms with Crippen LogP contribution in [-0.2, 0) is 8.85 Å². The van der Waals surface area contributed by atoms with Gasteiger partial charge in [0.05, 0.1) is 0 Å². The molecule has 2 N–H and O–H groups in total. The molecule has 0 amide bonds. The van der Waals surface area contributed by atoms with Gasteiger partial charge in [-0.15, -0.1) is 0 Å². The average molecular weight is 264 g/mol. The molecule has 0 aliphatic rings. The van der Waals surface area contributed by atoms with Gasteiger partial charge in [-0.2, -0.15) is 0 Å². The van der Waals surface area contributed by atoms with Crippen molar-refractivity contribution < 1.29 is 8.85 Å². The van der Waals surface area contributed by atoms with Gasteiger partial charge in [-0.3, -0.25) is 0 Å². The van der Waals surface area contributed by atoms with Crippen LogP contribution < -0.4 is 5.73 Å². The zero-order chi connectivity index (χ0) is 12.7. The third kappa shape index (κ3) is 8.46. The van der Waals surface area contributed by atoms with E-state index in [0.29, 0.717) is 0 Å². The highest BCUT2D eigenvalue weighted by Crippen LogP contribution is 2.17. The van der Waals surface area contributed by atoms with Crippen LogP contribution in [0.25, 0.3) is 0 Å². The third-order valence-electron chi connectivity index (χ3n) is 2.54. The van der Waals surface area contributed by atoms with Gasteiger partial charge < -0.3 is 14.6 Å². The van der Waals surface area contributed by atoms with Gasteiger partial charge in [0, 0.05) is 21.3 Å². The van der Waals surface area contributed by atoms with Crippen molar-refractivity contribution >= 4 is 16.6 Å². The molecule has 1 atom stereocenters. The molecule has 0 saturated heterocycles. The summed E-state index contributed by atoms with van der Waals surface area (Å²) in [6.45, 7) is 13.7. The van der Waals surface area contributed by atoms with Gasteiger partial charge >= 0.3 is 8.56 Å². The fraction of sp³-hybridized carbons (Fsp3) is 1.00. The van der Waals surface area contributed by atoms with E-state index in [4.69, 9.17) is 14.6 Å². The smallest absolute Gasteiger partial charge is 0.334 e. The lowest BCUT2D eigenvalue weighted by atomic mass is 10.5. The Labute approximate surface area is 103 Å². The maximum absolute atomic E-state index is 6.04. The highest BCUT2D eigenvalue weighted by molar-refractivity contribution is 6.76. The maximum atomic E-state index is 6.04. The van der Waals surface area contributed by atoms with E-state index >= 15 is 0 Å². The molecule has 0 spiro atoms. The van der Waals surface area contributed by atoms with Crippen LogP contribution in [-0.4, -0.2) is 36.4 Å². The molecule has 0 rings (SSSR count). The molecule has 98 valence electrons. The van der Waals surface area contributed by atoms with E-state index in [-0.39, 0.29) is 0 Å². The molecule has 0 aromatic rings. The van der Waals surface area contributed by atoms with E-state index in [2.05, 4.69) is 26.2 Å². The predicted octanol–water partition coefficient (Wildman–Crippen LogP) is 2.80. The Balaban J connectivity index is 4.01. The number of hydrogen-bond donors (Lipinski definition) is 1. The Bertz CT molecular complexity index is 185. The summed E-state index contributed by atoms with van der Waals surface area (Å²) in [5.74, 6) is 0. The zero-order valence-electron chi connectivity index (χ0n) is 11.6. The van der Waals surface area contributed by atoms with E-state index in [0.717, 1.165) is 32.2 Å². The molecule has 0 heterocycles. The molecule has 0 aromatic heterocycles. The molecule has 0 bridgehead atoms. The number of hydrogen-bond acceptors (Lipinski definition) is 3. The summed E-state index contributed by atoms with van der Waals surface area (Å²) in [6, 6.07) is 2.23. The summed E-state index contributed by atoms with van der Waals surface area (Å²) in [5, 5.41) is 0. The molecule has 0 aromatic carbocycles. The third-order valence-corrected chi connectivity index (χ3v) is 7.22. The molecular formula is C11H29NO2Si2. The molecule has 0 fully saturated rings. The van der Waals surface area contributed by atoms with Gasteiger partial charge in [0.25, 0.3) is 0 Å². The van der Waals surface area contributed by atoms with Crippen molar-refractivity contribution in [1.82, 2.24) is 0 Å². The quantitative estimate of drug-likeness (QED) is 0.651. The molecule has 1 unspecified atom stereocenters. The molecule has 3 nitrogen and oxygen atoms in total. The highest BCUT2D eigenvalue weighted by Gasteiger charge is 2.30. The topological polar surface area (TPSA) is 44.5 Å². The van der Waals surface area contributed by atoms with E-state index in [1.165, 1.54) is 6.04 Å². The van der Waals surface area contributed by atoms with Crippen LogP contribution >= 0.6 is 0 Å². The fourth-order valence-corrected chi connectivity index (χ4v) is 4.77. The Morgan fingerprint density at radius 3 is 2.06 bits per heavy atom. The van der Waals surface area contributed by atoms with E-state index < -0.39 is 16.6 Å². The van der Waals surface area contributed by atoms with Gasteiger partial charge in [0.15, 0.2) is 0 Å². The van der Waals surface area contributed by atoms with Crippen LogP contribution in [0.1, 0.15) is 13.3 Å². The zero-order valence-corrected chi connectivity index (χ0v) is 13.6. The SMILES string of the molecule is CCO[Si](C)(CCCN)OCC[Si](C)(C)C. The molecule has 5 heteroatoms. The molecule has 0 aliphatic heterocycles. The lowest BCUT2D eigenvalue weighted by molar-refractivity contribution is 0.188. The van der Waals surface area contributed by atoms with Gasteiger partial charge in [0.2, 0.25) is 0 Å². The van der Waals surface area contributed by atoms with Crippen molar-refractivity contribution in [2.45, 2.75) is 51.6 Å². The first-order chi connectivity index (χ1) is 7.33. The second kappa shape index (κ2) is 7.60. The fourth-order valence-electron chi connectivity index (χ4n) is 1.49. The lowest BCUT2D eigenvalue weighted by Crippen LogP contribution is -2.40. The summed E-state index contributed by atoms with van der Waals surface area (Å²) in [6.07, 6.45) is 1.01. The summed E-state index contributed by atoms with van der Waals surface area (Å²) in [4.78, 5) is 0. The largest absolute Gasteiger partial charge is 0.395 e. The summed E-state index contributed by atoms with van der Waals surface area (Å²) in [5.41, 5.74) is 5.55. The molecule has 0 aliphatic carbocycles. The number of nitrogens with two attached hydrogens (primary N) is 1. The minimum atomic E-state index is -1.93. The summed E-state index contributed by atoms with van der Waals surface area (Å²) < 4.78 is 11.9. The van der Waals surface area contributed by atoms with Crippen LogP contribution in [0, 0.1) is 0 Å². The van der Waals surface area contributed by atoms with Crippen molar-refractivity contribution in [2.75, 3.05) is 19.8 Å². The minimum absolute atomic E-state index is 0.729. The molecule has 16 heavy (non-hydrogen) atoms. The van der Waals surface area contributed by atoms with Crippen LogP contribution in [0.3, 0.4) is 0 Å². The van der Waals surface area contributed by atoms with Gasteiger partial charge in [-0.05, 0) is 38.5 Å². The minimum Gasteiger partial charge on any atom is -0.395 e. The Kier molecular flexibility index (Phi) is 7.75. The molecule has 0 saturated carbocycles. The van der Waals surface area contributed by atoms with E-state index in [1.807, 2.05) is 6.92 Å². The van der Waals surface area contributed by atoms with Crippen LogP contribution in [0.5, 0.6) is 0 Å². The monoisotopic (exact) mass is 263 g/mol. The van der Waals surface area contributed by atoms with Crippen molar-refractivity contribution in [3.63, 3.8) is 0 Å². The standard InChI is InChI=1S/C11H29NO2Si2/c1-6-13-16(5,10-7-8-12)14-9-11-15(2,3)4/h6-12H2,1-5H3. The second-order valence-electron chi connectivity index (χ2n) is 5.62. The Morgan fingerprint density at radius 1 is 1.00 bits per heavy atom. The van der Waals surface area contributed by atoms with Gasteiger partial charge in [-0.1, -0.05) is 19.6 Å². The number of rotatable bonds is 9. The summed E-state index contributed by atoms with van der Waals surface area (Å²) in [7, 11) is -2.92.